The summed E-state index contributed by atoms with van der Waals surface area (Å²) in [6.45, 7) is 0.371. The third-order valence-electron chi connectivity index (χ3n) is 4.48. The minimum absolute atomic E-state index is 0.0347. The topological polar surface area (TPSA) is 59.4 Å². The van der Waals surface area contributed by atoms with Crippen LogP contribution in [0.15, 0.2) is 30.3 Å². The molecule has 0 saturated heterocycles. The first-order valence-electron chi connectivity index (χ1n) is 8.92. The van der Waals surface area contributed by atoms with E-state index in [2.05, 4.69) is 4.37 Å². The van der Waals surface area contributed by atoms with E-state index in [1.54, 1.807) is 19.1 Å². The summed E-state index contributed by atoms with van der Waals surface area (Å²) in [5.74, 6) is -4.19. The third kappa shape index (κ3) is 4.79. The van der Waals surface area contributed by atoms with Gasteiger partial charge in [0.2, 0.25) is 0 Å². The van der Waals surface area contributed by atoms with E-state index in [1.165, 1.54) is 6.07 Å². The van der Waals surface area contributed by atoms with Gasteiger partial charge in [-0.2, -0.15) is 4.37 Å². The summed E-state index contributed by atoms with van der Waals surface area (Å²) in [6, 6.07) is 6.43. The number of ether oxygens (including phenoxy) is 1. The van der Waals surface area contributed by atoms with Gasteiger partial charge >= 0.3 is 5.97 Å². The Hall–Kier alpha value is -2.94. The molecule has 9 heteroatoms. The van der Waals surface area contributed by atoms with Crippen LogP contribution in [0.25, 0.3) is 11.3 Å². The zero-order valence-corrected chi connectivity index (χ0v) is 16.7. The fourth-order valence-electron chi connectivity index (χ4n) is 2.85. The van der Waals surface area contributed by atoms with Crippen LogP contribution in [0.4, 0.5) is 17.6 Å². The van der Waals surface area contributed by atoms with Crippen LogP contribution >= 0.6 is 11.5 Å². The Balaban J connectivity index is 1.86. The molecular formula is C21H17F4NO3S. The highest BCUT2D eigenvalue weighted by Crippen LogP contribution is 2.32. The van der Waals surface area contributed by atoms with Crippen LogP contribution in [0.2, 0.25) is 0 Å². The van der Waals surface area contributed by atoms with Gasteiger partial charge < -0.3 is 9.84 Å². The largest absolute Gasteiger partial charge is 0.483 e. The number of aryl methyl sites for hydroxylation is 2. The molecule has 0 radical (unpaired) electrons. The zero-order chi connectivity index (χ0) is 21.8. The number of aliphatic carboxylic acids is 1. The Morgan fingerprint density at radius 1 is 1.13 bits per heavy atom. The van der Waals surface area contributed by atoms with Crippen LogP contribution < -0.4 is 4.74 Å². The predicted octanol–water partition coefficient (Wildman–Crippen LogP) is 5.60. The van der Waals surface area contributed by atoms with Crippen molar-refractivity contribution in [1.82, 2.24) is 4.37 Å². The van der Waals surface area contributed by atoms with Crippen molar-refractivity contribution >= 4 is 17.5 Å². The lowest BCUT2D eigenvalue weighted by Crippen LogP contribution is -2.04. The second-order valence-corrected chi connectivity index (χ2v) is 7.46. The van der Waals surface area contributed by atoms with Crippen LogP contribution in [0.1, 0.15) is 28.0 Å². The minimum atomic E-state index is -1.08. The number of aromatic nitrogens is 1. The van der Waals surface area contributed by atoms with Crippen LogP contribution in [0.5, 0.6) is 5.75 Å². The van der Waals surface area contributed by atoms with Crippen molar-refractivity contribution in [2.75, 3.05) is 0 Å². The molecule has 0 atom stereocenters. The Bertz CT molecular complexity index is 1060. The number of hydrogen-bond acceptors (Lipinski definition) is 4. The molecule has 4 nitrogen and oxygen atoms in total. The second-order valence-electron chi connectivity index (χ2n) is 6.60. The predicted molar refractivity (Wildman–Crippen MR) is 104 cm³/mol. The van der Waals surface area contributed by atoms with Crippen LogP contribution in [0, 0.1) is 24.4 Å². The summed E-state index contributed by atoms with van der Waals surface area (Å²) in [7, 11) is 0. The van der Waals surface area contributed by atoms with Crippen LogP contribution in [-0.2, 0) is 24.5 Å². The summed E-state index contributed by atoms with van der Waals surface area (Å²) in [6.07, 6.45) is -0.303. The molecule has 0 spiro atoms. The number of carbonyl (C=O) groups is 1. The van der Waals surface area contributed by atoms with E-state index in [0.29, 0.717) is 11.1 Å². The van der Waals surface area contributed by atoms with Crippen molar-refractivity contribution in [3.63, 3.8) is 0 Å². The van der Waals surface area contributed by atoms with E-state index in [1.807, 2.05) is 0 Å². The van der Waals surface area contributed by atoms with E-state index < -0.39 is 35.8 Å². The molecule has 0 amide bonds. The van der Waals surface area contributed by atoms with Gasteiger partial charge in [-0.15, -0.1) is 0 Å². The first kappa shape index (κ1) is 21.8. The van der Waals surface area contributed by atoms with Gasteiger partial charge in [0.1, 0.15) is 19.1 Å². The first-order chi connectivity index (χ1) is 14.3. The fraction of sp³-hybridized carbons (Fsp3) is 0.238. The lowest BCUT2D eigenvalue weighted by molar-refractivity contribution is -0.136. The molecule has 3 rings (SSSR count). The van der Waals surface area contributed by atoms with Gasteiger partial charge in [0.05, 0.1) is 10.6 Å². The van der Waals surface area contributed by atoms with Crippen molar-refractivity contribution in [3.8, 4) is 17.0 Å². The van der Waals surface area contributed by atoms with Gasteiger partial charge in [-0.3, -0.25) is 4.79 Å². The SMILES string of the molecule is Cc1ccc(-c2nsc(CF)c2COc2c(F)cc(CCC(=O)O)cc2F)cc1F. The Morgan fingerprint density at radius 3 is 2.43 bits per heavy atom. The lowest BCUT2D eigenvalue weighted by atomic mass is 10.0. The van der Waals surface area contributed by atoms with Crippen molar-refractivity contribution in [2.24, 2.45) is 0 Å². The lowest BCUT2D eigenvalue weighted by Gasteiger charge is -2.11. The maximum Gasteiger partial charge on any atom is 0.303 e. The number of halogens is 4. The highest BCUT2D eigenvalue weighted by Gasteiger charge is 2.20. The average Bonchev–Trinajstić information content (AvgIpc) is 3.10. The normalized spacial score (nSPS) is 11.0. The van der Waals surface area contributed by atoms with E-state index in [4.69, 9.17) is 9.84 Å². The molecule has 0 fully saturated rings. The van der Waals surface area contributed by atoms with Crippen molar-refractivity contribution in [3.05, 3.63) is 69.4 Å². The zero-order valence-electron chi connectivity index (χ0n) is 15.8. The number of benzene rings is 2. The molecule has 0 unspecified atom stereocenters. The molecule has 0 bridgehead atoms. The molecule has 0 aliphatic rings. The van der Waals surface area contributed by atoms with Gasteiger partial charge in [-0.05, 0) is 54.2 Å². The summed E-state index contributed by atoms with van der Waals surface area (Å²) < 4.78 is 65.4. The molecule has 1 N–H and O–H groups in total. The number of carboxylic acids is 1. The monoisotopic (exact) mass is 439 g/mol. The quantitative estimate of drug-likeness (QED) is 0.464. The number of hydrogen-bond donors (Lipinski definition) is 1. The van der Waals surface area contributed by atoms with Gasteiger partial charge in [0, 0.05) is 17.5 Å². The van der Waals surface area contributed by atoms with E-state index >= 15 is 0 Å². The Kier molecular flexibility index (Phi) is 6.71. The summed E-state index contributed by atoms with van der Waals surface area (Å²) in [4.78, 5) is 10.8. The van der Waals surface area contributed by atoms with Crippen LogP contribution in [0.3, 0.4) is 0 Å². The maximum absolute atomic E-state index is 14.3. The molecule has 1 aromatic heterocycles. The molecule has 158 valence electrons. The fourth-order valence-corrected chi connectivity index (χ4v) is 3.59. The highest BCUT2D eigenvalue weighted by molar-refractivity contribution is 7.06. The summed E-state index contributed by atoms with van der Waals surface area (Å²) in [5.41, 5.74) is 1.57. The van der Waals surface area contributed by atoms with Gasteiger partial charge in [0.15, 0.2) is 17.4 Å². The first-order valence-corrected chi connectivity index (χ1v) is 9.70. The van der Waals surface area contributed by atoms with Crippen molar-refractivity contribution in [2.45, 2.75) is 33.0 Å². The number of alkyl halides is 1. The van der Waals surface area contributed by atoms with Crippen LogP contribution in [-0.4, -0.2) is 15.4 Å². The van der Waals surface area contributed by atoms with Crippen molar-refractivity contribution in [1.29, 1.82) is 0 Å². The van der Waals surface area contributed by atoms with E-state index in [0.717, 1.165) is 23.7 Å². The molecule has 3 aromatic rings. The maximum atomic E-state index is 14.3. The van der Waals surface area contributed by atoms with Gasteiger partial charge in [-0.1, -0.05) is 12.1 Å². The average molecular weight is 439 g/mol. The third-order valence-corrected chi connectivity index (χ3v) is 5.33. The van der Waals surface area contributed by atoms with E-state index in [-0.39, 0.29) is 41.1 Å². The summed E-state index contributed by atoms with van der Waals surface area (Å²) >= 11 is 0.866. The number of nitrogens with zero attached hydrogens (tertiary/aromatic N) is 1. The molecule has 0 saturated carbocycles. The molecular weight excluding hydrogens is 422 g/mol. The molecule has 2 aromatic carbocycles. The summed E-state index contributed by atoms with van der Waals surface area (Å²) in [5, 5.41) is 8.69. The van der Waals surface area contributed by atoms with E-state index in [9.17, 15) is 22.4 Å². The molecule has 0 aliphatic carbocycles. The molecule has 0 aliphatic heterocycles. The van der Waals surface area contributed by atoms with Crippen molar-refractivity contribution < 1.29 is 32.2 Å². The number of carboxylic acid groups (broad SMARTS) is 1. The minimum Gasteiger partial charge on any atom is -0.483 e. The standard InChI is InChI=1S/C21H17F4NO3S/c1-11-2-4-13(8-15(11)23)20-14(18(9-22)30-26-20)10-29-21-16(24)6-12(7-17(21)25)3-5-19(27)28/h2,4,6-8H,3,5,9-10H2,1H3,(H,27,28). The Morgan fingerprint density at radius 2 is 1.83 bits per heavy atom. The number of rotatable bonds is 8. The smallest absolute Gasteiger partial charge is 0.303 e. The molecule has 1 heterocycles. The van der Waals surface area contributed by atoms with Gasteiger partial charge in [0.25, 0.3) is 0 Å². The Labute approximate surface area is 173 Å². The second kappa shape index (κ2) is 9.25. The molecule has 30 heavy (non-hydrogen) atoms. The highest BCUT2D eigenvalue weighted by atomic mass is 32.1. The van der Waals surface area contributed by atoms with Gasteiger partial charge in [-0.25, -0.2) is 17.6 Å².